The van der Waals surface area contributed by atoms with Gasteiger partial charge in [0.15, 0.2) is 0 Å². The summed E-state index contributed by atoms with van der Waals surface area (Å²) in [7, 11) is 1.64. The van der Waals surface area contributed by atoms with Gasteiger partial charge >= 0.3 is 6.09 Å². The van der Waals surface area contributed by atoms with E-state index in [0.717, 1.165) is 34.9 Å². The van der Waals surface area contributed by atoms with E-state index in [1.165, 1.54) is 0 Å². The third kappa shape index (κ3) is 4.66. The van der Waals surface area contributed by atoms with Crippen LogP contribution in [0.15, 0.2) is 42.6 Å². The fourth-order valence-electron chi connectivity index (χ4n) is 3.79. The Labute approximate surface area is 186 Å². The van der Waals surface area contributed by atoms with Gasteiger partial charge < -0.3 is 19.7 Å². The van der Waals surface area contributed by atoms with Crippen LogP contribution in [0.1, 0.15) is 19.8 Å². The van der Waals surface area contributed by atoms with Gasteiger partial charge in [0.1, 0.15) is 5.75 Å². The van der Waals surface area contributed by atoms with E-state index in [4.69, 9.17) is 21.1 Å². The third-order valence-corrected chi connectivity index (χ3v) is 5.75. The van der Waals surface area contributed by atoms with E-state index in [0.29, 0.717) is 36.4 Å². The van der Waals surface area contributed by atoms with Crippen LogP contribution in [-0.4, -0.2) is 53.8 Å². The SMILES string of the molecule is CCOC(=O)N1CCC(Nc2ncc3cc(-c4ccccc4Cl)c(OC)cc3n2)CC1. The van der Waals surface area contributed by atoms with Crippen LogP contribution in [0.25, 0.3) is 22.0 Å². The standard InChI is InChI=1S/C23H25ClN4O3/c1-3-31-23(29)28-10-8-16(9-11-28)26-22-25-14-15-12-18(17-6-4-5-7-19(17)24)21(30-2)13-20(15)27-22/h4-7,12-14,16H,3,8-11H2,1-2H3,(H,25,26,27). The van der Waals surface area contributed by atoms with Crippen molar-refractivity contribution in [1.82, 2.24) is 14.9 Å². The lowest BCUT2D eigenvalue weighted by molar-refractivity contribution is 0.0983. The number of ether oxygens (including phenoxy) is 2. The smallest absolute Gasteiger partial charge is 0.409 e. The minimum absolute atomic E-state index is 0.201. The van der Waals surface area contributed by atoms with Gasteiger partial charge in [0.2, 0.25) is 5.95 Å². The Morgan fingerprint density at radius 2 is 2.00 bits per heavy atom. The number of hydrogen-bond donors (Lipinski definition) is 1. The van der Waals surface area contributed by atoms with Crippen molar-refractivity contribution in [2.24, 2.45) is 0 Å². The number of likely N-dealkylation sites (tertiary alicyclic amines) is 1. The molecule has 3 aromatic rings. The summed E-state index contributed by atoms with van der Waals surface area (Å²) in [6.07, 6.45) is 3.19. The Morgan fingerprint density at radius 3 is 2.71 bits per heavy atom. The molecule has 1 fully saturated rings. The number of amides is 1. The summed E-state index contributed by atoms with van der Waals surface area (Å²) in [6, 6.07) is 11.8. The number of aromatic nitrogens is 2. The number of nitrogens with zero attached hydrogens (tertiary/aromatic N) is 3. The lowest BCUT2D eigenvalue weighted by atomic mass is 10.0. The van der Waals surface area contributed by atoms with Gasteiger partial charge in [0.25, 0.3) is 0 Å². The predicted octanol–water partition coefficient (Wildman–Crippen LogP) is 4.99. The molecule has 4 rings (SSSR count). The van der Waals surface area contributed by atoms with Crippen molar-refractivity contribution in [1.29, 1.82) is 0 Å². The Bertz CT molecular complexity index is 1080. The summed E-state index contributed by atoms with van der Waals surface area (Å²) in [6.45, 7) is 3.51. The number of fused-ring (bicyclic) bond motifs is 1. The van der Waals surface area contributed by atoms with Crippen LogP contribution in [0.2, 0.25) is 5.02 Å². The summed E-state index contributed by atoms with van der Waals surface area (Å²) in [5, 5.41) is 4.96. The van der Waals surface area contributed by atoms with Crippen molar-refractivity contribution in [3.63, 3.8) is 0 Å². The first-order chi connectivity index (χ1) is 15.1. The Balaban J connectivity index is 1.52. The van der Waals surface area contributed by atoms with Gasteiger partial charge in [-0.1, -0.05) is 29.8 Å². The summed E-state index contributed by atoms with van der Waals surface area (Å²) < 4.78 is 10.7. The molecule has 0 bridgehead atoms. The zero-order chi connectivity index (χ0) is 21.8. The molecule has 162 valence electrons. The number of carbonyl (C=O) groups is 1. The normalized spacial score (nSPS) is 14.5. The van der Waals surface area contributed by atoms with Crippen molar-refractivity contribution in [2.45, 2.75) is 25.8 Å². The first-order valence-corrected chi connectivity index (χ1v) is 10.7. The first kappa shape index (κ1) is 21.2. The molecule has 8 heteroatoms. The van der Waals surface area contributed by atoms with Gasteiger partial charge in [-0.15, -0.1) is 0 Å². The van der Waals surface area contributed by atoms with Crippen molar-refractivity contribution in [3.8, 4) is 16.9 Å². The number of halogens is 1. The molecule has 31 heavy (non-hydrogen) atoms. The number of anilines is 1. The quantitative estimate of drug-likeness (QED) is 0.602. The molecule has 2 heterocycles. The van der Waals surface area contributed by atoms with Crippen LogP contribution in [0, 0.1) is 0 Å². The predicted molar refractivity (Wildman–Crippen MR) is 122 cm³/mol. The fraction of sp³-hybridized carbons (Fsp3) is 0.348. The monoisotopic (exact) mass is 440 g/mol. The van der Waals surface area contributed by atoms with E-state index >= 15 is 0 Å². The maximum absolute atomic E-state index is 11.9. The molecule has 0 atom stereocenters. The van der Waals surface area contributed by atoms with E-state index < -0.39 is 0 Å². The highest BCUT2D eigenvalue weighted by molar-refractivity contribution is 6.33. The minimum atomic E-state index is -0.246. The van der Waals surface area contributed by atoms with Crippen molar-refractivity contribution in [3.05, 3.63) is 47.6 Å². The van der Waals surface area contributed by atoms with Gasteiger partial charge in [-0.05, 0) is 31.9 Å². The molecule has 1 N–H and O–H groups in total. The largest absolute Gasteiger partial charge is 0.496 e. The third-order valence-electron chi connectivity index (χ3n) is 5.42. The van der Waals surface area contributed by atoms with Gasteiger partial charge in [0, 0.05) is 52.9 Å². The van der Waals surface area contributed by atoms with Gasteiger partial charge in [0.05, 0.1) is 19.2 Å². The van der Waals surface area contributed by atoms with Gasteiger partial charge in [-0.3, -0.25) is 0 Å². The van der Waals surface area contributed by atoms with Crippen LogP contribution in [0.3, 0.4) is 0 Å². The second-order valence-electron chi connectivity index (χ2n) is 7.39. The Hall–Kier alpha value is -3.06. The second-order valence-corrected chi connectivity index (χ2v) is 7.80. The number of methoxy groups -OCH3 is 1. The number of nitrogens with one attached hydrogen (secondary N) is 1. The van der Waals surface area contributed by atoms with E-state index in [-0.39, 0.29) is 12.1 Å². The maximum atomic E-state index is 11.9. The highest BCUT2D eigenvalue weighted by Crippen LogP contribution is 2.37. The average Bonchev–Trinajstić information content (AvgIpc) is 2.79. The van der Waals surface area contributed by atoms with Crippen molar-refractivity contribution in [2.75, 3.05) is 32.1 Å². The zero-order valence-electron chi connectivity index (χ0n) is 17.6. The maximum Gasteiger partial charge on any atom is 0.409 e. The van der Waals surface area contributed by atoms with Crippen molar-refractivity contribution >= 4 is 34.5 Å². The molecule has 0 radical (unpaired) electrons. The molecule has 2 aromatic carbocycles. The van der Waals surface area contributed by atoms with E-state index in [2.05, 4.69) is 15.3 Å². The number of hydrogen-bond acceptors (Lipinski definition) is 6. The molecular weight excluding hydrogens is 416 g/mol. The molecule has 1 amide bonds. The number of carbonyl (C=O) groups excluding carboxylic acids is 1. The lowest BCUT2D eigenvalue weighted by Crippen LogP contribution is -2.42. The van der Waals surface area contributed by atoms with Gasteiger partial charge in [-0.25, -0.2) is 14.8 Å². The average molecular weight is 441 g/mol. The van der Waals surface area contributed by atoms with Crippen LogP contribution >= 0.6 is 11.6 Å². The summed E-state index contributed by atoms with van der Waals surface area (Å²) in [4.78, 5) is 22.8. The number of rotatable bonds is 5. The van der Waals surface area contributed by atoms with Crippen LogP contribution < -0.4 is 10.1 Å². The molecule has 7 nitrogen and oxygen atoms in total. The molecule has 1 aliphatic rings. The topological polar surface area (TPSA) is 76.6 Å². The molecule has 0 unspecified atom stereocenters. The molecular formula is C23H25ClN4O3. The summed E-state index contributed by atoms with van der Waals surface area (Å²) in [5.74, 6) is 1.27. The molecule has 1 saturated heterocycles. The minimum Gasteiger partial charge on any atom is -0.496 e. The fourth-order valence-corrected chi connectivity index (χ4v) is 4.03. The van der Waals surface area contributed by atoms with E-state index in [1.807, 2.05) is 43.3 Å². The molecule has 0 aliphatic carbocycles. The Kier molecular flexibility index (Phi) is 6.42. The van der Waals surface area contributed by atoms with E-state index in [9.17, 15) is 4.79 Å². The van der Waals surface area contributed by atoms with Crippen LogP contribution in [0.4, 0.5) is 10.7 Å². The molecule has 0 saturated carbocycles. The zero-order valence-corrected chi connectivity index (χ0v) is 18.4. The second kappa shape index (κ2) is 9.39. The number of benzene rings is 2. The summed E-state index contributed by atoms with van der Waals surface area (Å²) >= 11 is 6.39. The van der Waals surface area contributed by atoms with Crippen LogP contribution in [-0.2, 0) is 4.74 Å². The first-order valence-electron chi connectivity index (χ1n) is 10.4. The molecule has 1 aromatic heterocycles. The van der Waals surface area contributed by atoms with Crippen LogP contribution in [0.5, 0.6) is 5.75 Å². The molecule has 0 spiro atoms. The number of piperidine rings is 1. The summed E-state index contributed by atoms with van der Waals surface area (Å²) in [5.41, 5.74) is 2.59. The highest BCUT2D eigenvalue weighted by Gasteiger charge is 2.24. The highest BCUT2D eigenvalue weighted by atomic mass is 35.5. The van der Waals surface area contributed by atoms with Crippen molar-refractivity contribution < 1.29 is 14.3 Å². The lowest BCUT2D eigenvalue weighted by Gasteiger charge is -2.31. The molecule has 1 aliphatic heterocycles. The van der Waals surface area contributed by atoms with E-state index in [1.54, 1.807) is 18.2 Å². The Morgan fingerprint density at radius 1 is 1.23 bits per heavy atom. The van der Waals surface area contributed by atoms with Gasteiger partial charge in [-0.2, -0.15) is 0 Å².